The second-order valence-corrected chi connectivity index (χ2v) is 5.97. The monoisotopic (exact) mass is 373 g/mol. The molecule has 0 unspecified atom stereocenters. The number of ether oxygens (including phenoxy) is 1. The summed E-state index contributed by atoms with van der Waals surface area (Å²) in [4.78, 5) is 27.9. The number of aromatic nitrogens is 2. The van der Waals surface area contributed by atoms with Crippen molar-refractivity contribution in [3.05, 3.63) is 70.8 Å². The van der Waals surface area contributed by atoms with Gasteiger partial charge in [0.2, 0.25) is 0 Å². The molecule has 3 rings (SSSR count). The van der Waals surface area contributed by atoms with Gasteiger partial charge in [0.15, 0.2) is 24.1 Å². The number of nitrogens with one attached hydrogen (secondary N) is 1. The van der Waals surface area contributed by atoms with E-state index in [1.807, 2.05) is 0 Å². The molecule has 0 aliphatic rings. The number of thiazole rings is 1. The van der Waals surface area contributed by atoms with Gasteiger partial charge in [-0.2, -0.15) is 4.73 Å². The zero-order valence-electron chi connectivity index (χ0n) is 13.2. The lowest BCUT2D eigenvalue weighted by molar-refractivity contribution is -0.605. The minimum absolute atomic E-state index is 0.165. The van der Waals surface area contributed by atoms with Crippen LogP contribution in [-0.2, 0) is 9.53 Å². The molecule has 0 saturated carbocycles. The Morgan fingerprint density at radius 3 is 2.58 bits per heavy atom. The number of benzene rings is 1. The Bertz CT molecular complexity index is 926. The zero-order chi connectivity index (χ0) is 18.5. The molecule has 26 heavy (non-hydrogen) atoms. The second-order valence-electron chi connectivity index (χ2n) is 5.12. The lowest BCUT2D eigenvalue weighted by atomic mass is 10.2. The molecule has 0 fully saturated rings. The smallest absolute Gasteiger partial charge is 0.339 e. The van der Waals surface area contributed by atoms with Crippen LogP contribution >= 0.6 is 11.3 Å². The van der Waals surface area contributed by atoms with Crippen LogP contribution in [0.25, 0.3) is 11.3 Å². The number of rotatable bonds is 5. The molecule has 132 valence electrons. The summed E-state index contributed by atoms with van der Waals surface area (Å²) in [5.41, 5.74) is 1.48. The summed E-state index contributed by atoms with van der Waals surface area (Å²) in [6.07, 6.45) is 2.31. The Hall–Kier alpha value is -3.33. The minimum Gasteiger partial charge on any atom is -0.619 e. The Kier molecular flexibility index (Phi) is 5.18. The molecule has 0 aliphatic carbocycles. The van der Waals surface area contributed by atoms with Crippen molar-refractivity contribution < 1.29 is 23.4 Å². The maximum absolute atomic E-state index is 12.9. The molecular formula is C17H12FN3O4S. The van der Waals surface area contributed by atoms with E-state index in [4.69, 9.17) is 4.74 Å². The van der Waals surface area contributed by atoms with Crippen LogP contribution in [0.1, 0.15) is 10.4 Å². The zero-order valence-corrected chi connectivity index (χ0v) is 14.0. The summed E-state index contributed by atoms with van der Waals surface area (Å²) in [6, 6.07) is 8.41. The quantitative estimate of drug-likeness (QED) is 0.421. The first kappa shape index (κ1) is 17.5. The number of anilines is 1. The fraction of sp³-hybridized carbons (Fsp3) is 0.0588. The van der Waals surface area contributed by atoms with Crippen molar-refractivity contribution in [2.24, 2.45) is 0 Å². The third-order valence-corrected chi connectivity index (χ3v) is 4.02. The van der Waals surface area contributed by atoms with Crippen LogP contribution in [0.2, 0.25) is 0 Å². The predicted molar refractivity (Wildman–Crippen MR) is 91.8 cm³/mol. The van der Waals surface area contributed by atoms with E-state index in [0.717, 1.165) is 12.4 Å². The molecule has 7 nitrogen and oxygen atoms in total. The van der Waals surface area contributed by atoms with E-state index < -0.39 is 18.5 Å². The van der Waals surface area contributed by atoms with E-state index in [-0.39, 0.29) is 11.4 Å². The highest BCUT2D eigenvalue weighted by molar-refractivity contribution is 7.14. The number of halogens is 1. The molecule has 0 atom stereocenters. The summed E-state index contributed by atoms with van der Waals surface area (Å²) in [7, 11) is 0. The Labute approximate surface area is 151 Å². The molecule has 0 aliphatic heterocycles. The normalized spacial score (nSPS) is 10.3. The highest BCUT2D eigenvalue weighted by Gasteiger charge is 2.13. The topological polar surface area (TPSA) is 95.2 Å². The summed E-state index contributed by atoms with van der Waals surface area (Å²) in [6.45, 7) is -0.490. The number of carbonyl (C=O) groups excluding carboxylic acids is 2. The van der Waals surface area contributed by atoms with Crippen molar-refractivity contribution in [2.45, 2.75) is 0 Å². The maximum atomic E-state index is 12.9. The van der Waals surface area contributed by atoms with Crippen LogP contribution in [0.4, 0.5) is 9.52 Å². The molecule has 2 heterocycles. The van der Waals surface area contributed by atoms with Crippen LogP contribution < -0.4 is 10.0 Å². The van der Waals surface area contributed by atoms with Crippen LogP contribution in [0.15, 0.2) is 54.2 Å². The van der Waals surface area contributed by atoms with E-state index >= 15 is 0 Å². The van der Waals surface area contributed by atoms with Crippen LogP contribution in [0, 0.1) is 11.0 Å². The van der Waals surface area contributed by atoms with Crippen molar-refractivity contribution in [2.75, 3.05) is 11.9 Å². The third-order valence-electron chi connectivity index (χ3n) is 3.26. The standard InChI is InChI=1S/C17H12FN3O4S/c18-13-3-1-11(2-4-13)14-10-26-17(19-14)20-15(22)9-25-16(23)12-5-7-21(24)8-6-12/h1-8,10H,9H2,(H,19,20,22). The molecule has 3 aromatic rings. The number of amides is 1. The fourth-order valence-corrected chi connectivity index (χ4v) is 2.74. The molecule has 9 heteroatoms. The van der Waals surface area contributed by atoms with Gasteiger partial charge in [0.25, 0.3) is 5.91 Å². The van der Waals surface area contributed by atoms with Crippen LogP contribution in [-0.4, -0.2) is 23.5 Å². The predicted octanol–water partition coefficient (Wildman–Crippen LogP) is 2.38. The number of hydrogen-bond acceptors (Lipinski definition) is 6. The first-order valence-corrected chi connectivity index (χ1v) is 8.26. The van der Waals surface area contributed by atoms with Crippen molar-refractivity contribution in [3.8, 4) is 11.3 Å². The SMILES string of the molecule is O=C(COC(=O)c1cc[n+]([O-])cc1)Nc1nc(-c2ccc(F)cc2)cs1. The fourth-order valence-electron chi connectivity index (χ4n) is 2.00. The van der Waals surface area contributed by atoms with Gasteiger partial charge in [-0.25, -0.2) is 14.2 Å². The Balaban J connectivity index is 1.54. The number of hydrogen-bond donors (Lipinski definition) is 1. The molecule has 1 amide bonds. The lowest BCUT2D eigenvalue weighted by Crippen LogP contribution is -2.25. The largest absolute Gasteiger partial charge is 0.619 e. The number of esters is 1. The Morgan fingerprint density at radius 2 is 1.88 bits per heavy atom. The minimum atomic E-state index is -0.716. The van der Waals surface area contributed by atoms with Gasteiger partial charge in [0.05, 0.1) is 11.3 Å². The van der Waals surface area contributed by atoms with Gasteiger partial charge < -0.3 is 9.94 Å². The first-order valence-electron chi connectivity index (χ1n) is 7.38. The van der Waals surface area contributed by atoms with Crippen LogP contribution in [0.3, 0.4) is 0 Å². The van der Waals surface area contributed by atoms with Crippen molar-refractivity contribution in [3.63, 3.8) is 0 Å². The highest BCUT2D eigenvalue weighted by atomic mass is 32.1. The van der Waals surface area contributed by atoms with Crippen molar-refractivity contribution >= 4 is 28.3 Å². The van der Waals surface area contributed by atoms with Gasteiger partial charge in [-0.15, -0.1) is 11.3 Å². The van der Waals surface area contributed by atoms with Crippen molar-refractivity contribution in [1.82, 2.24) is 4.98 Å². The summed E-state index contributed by atoms with van der Waals surface area (Å²) < 4.78 is 18.4. The number of pyridine rings is 1. The molecule has 0 spiro atoms. The molecule has 0 saturated heterocycles. The van der Waals surface area contributed by atoms with Gasteiger partial charge in [-0.3, -0.25) is 10.1 Å². The summed E-state index contributed by atoms with van der Waals surface area (Å²) in [5, 5.41) is 15.5. The Morgan fingerprint density at radius 1 is 1.19 bits per heavy atom. The highest BCUT2D eigenvalue weighted by Crippen LogP contribution is 2.24. The third kappa shape index (κ3) is 4.39. The van der Waals surface area contributed by atoms with Gasteiger partial charge >= 0.3 is 5.97 Å². The average molecular weight is 373 g/mol. The average Bonchev–Trinajstić information content (AvgIpc) is 3.09. The van der Waals surface area contributed by atoms with E-state index in [1.54, 1.807) is 17.5 Å². The molecule has 0 bridgehead atoms. The molecule has 1 aromatic carbocycles. The van der Waals surface area contributed by atoms with Gasteiger partial charge in [-0.05, 0) is 24.3 Å². The van der Waals surface area contributed by atoms with Gasteiger partial charge in [0, 0.05) is 23.1 Å². The van der Waals surface area contributed by atoms with Crippen LogP contribution in [0.5, 0.6) is 0 Å². The molecule has 2 aromatic heterocycles. The number of carbonyl (C=O) groups is 2. The number of nitrogens with zero attached hydrogens (tertiary/aromatic N) is 2. The molecular weight excluding hydrogens is 361 g/mol. The molecule has 0 radical (unpaired) electrons. The van der Waals surface area contributed by atoms with E-state index in [1.165, 1.54) is 35.6 Å². The summed E-state index contributed by atoms with van der Waals surface area (Å²) in [5.74, 6) is -1.61. The molecule has 1 N–H and O–H groups in total. The first-order chi connectivity index (χ1) is 12.5. The van der Waals surface area contributed by atoms with E-state index in [0.29, 0.717) is 21.1 Å². The lowest BCUT2D eigenvalue weighted by Gasteiger charge is -2.04. The van der Waals surface area contributed by atoms with Crippen molar-refractivity contribution in [1.29, 1.82) is 0 Å². The maximum Gasteiger partial charge on any atom is 0.339 e. The van der Waals surface area contributed by atoms with Gasteiger partial charge in [0.1, 0.15) is 5.82 Å². The van der Waals surface area contributed by atoms with Gasteiger partial charge in [-0.1, -0.05) is 0 Å². The van der Waals surface area contributed by atoms with E-state index in [9.17, 15) is 19.2 Å². The van der Waals surface area contributed by atoms with E-state index in [2.05, 4.69) is 10.3 Å². The second kappa shape index (κ2) is 7.70. The summed E-state index contributed by atoms with van der Waals surface area (Å²) >= 11 is 1.19.